The zero-order chi connectivity index (χ0) is 18.0. The molecule has 0 spiro atoms. The van der Waals surface area contributed by atoms with Crippen LogP contribution in [0, 0.1) is 5.92 Å². The van der Waals surface area contributed by atoms with Gasteiger partial charge in [0.2, 0.25) is 0 Å². The van der Waals surface area contributed by atoms with Gasteiger partial charge in [0.05, 0.1) is 0 Å². The van der Waals surface area contributed by atoms with Gasteiger partial charge in [0.1, 0.15) is 11.4 Å². The van der Waals surface area contributed by atoms with E-state index in [4.69, 9.17) is 4.74 Å². The van der Waals surface area contributed by atoms with Gasteiger partial charge in [0.25, 0.3) is 0 Å². The van der Waals surface area contributed by atoms with Gasteiger partial charge in [-0.15, -0.1) is 5.10 Å². The summed E-state index contributed by atoms with van der Waals surface area (Å²) in [7, 11) is 1.81. The second-order valence-corrected chi connectivity index (χ2v) is 7.74. The number of anilines is 1. The van der Waals surface area contributed by atoms with Crippen molar-refractivity contribution in [2.75, 3.05) is 31.6 Å². The first-order chi connectivity index (χ1) is 11.8. The summed E-state index contributed by atoms with van der Waals surface area (Å²) in [5.41, 5.74) is 0.385. The van der Waals surface area contributed by atoms with Crippen molar-refractivity contribution < 1.29 is 9.53 Å². The molecule has 1 atom stereocenters. The maximum Gasteiger partial charge on any atom is 0.410 e. The van der Waals surface area contributed by atoms with Gasteiger partial charge in [-0.2, -0.15) is 0 Å². The van der Waals surface area contributed by atoms with E-state index in [1.165, 1.54) is 0 Å². The topological polar surface area (TPSA) is 63.0 Å². The number of ether oxygens (including phenoxy) is 1. The van der Waals surface area contributed by atoms with Gasteiger partial charge in [-0.3, -0.25) is 0 Å². The molecule has 0 unspecified atom stereocenters. The molecule has 0 N–H and O–H groups in total. The molecule has 3 rings (SSSR count). The van der Waals surface area contributed by atoms with E-state index in [2.05, 4.69) is 15.0 Å². The third-order valence-corrected chi connectivity index (χ3v) is 4.32. The van der Waals surface area contributed by atoms with Crippen LogP contribution in [-0.4, -0.2) is 57.9 Å². The molecule has 1 saturated heterocycles. The molecule has 7 heteroatoms. The molecule has 0 aliphatic carbocycles. The smallest absolute Gasteiger partial charge is 0.410 e. The van der Waals surface area contributed by atoms with Crippen molar-refractivity contribution in [1.29, 1.82) is 0 Å². The number of amides is 1. The molecular formula is C18H27N5O2. The monoisotopic (exact) mass is 345 g/mol. The zero-order valence-electron chi connectivity index (χ0n) is 15.5. The molecule has 0 aromatic carbocycles. The number of carbonyl (C=O) groups excluding carboxylic acids is 1. The summed E-state index contributed by atoms with van der Waals surface area (Å²) < 4.78 is 7.24. The number of rotatable bonds is 3. The van der Waals surface area contributed by atoms with Crippen LogP contribution in [0.4, 0.5) is 10.6 Å². The molecule has 0 radical (unpaired) electrons. The number of nitrogens with zero attached hydrogens (tertiary/aromatic N) is 5. The van der Waals surface area contributed by atoms with Crippen molar-refractivity contribution >= 4 is 17.6 Å². The lowest BCUT2D eigenvalue weighted by atomic mass is 9.97. The number of carbonyl (C=O) groups is 1. The van der Waals surface area contributed by atoms with Crippen LogP contribution in [0.15, 0.2) is 24.5 Å². The number of imidazole rings is 1. The molecule has 1 fully saturated rings. The van der Waals surface area contributed by atoms with Gasteiger partial charge in [-0.05, 0) is 51.7 Å². The second kappa shape index (κ2) is 6.90. The highest BCUT2D eigenvalue weighted by Gasteiger charge is 2.26. The van der Waals surface area contributed by atoms with Crippen LogP contribution in [0.3, 0.4) is 0 Å². The van der Waals surface area contributed by atoms with Gasteiger partial charge in [-0.1, -0.05) is 0 Å². The molecule has 25 heavy (non-hydrogen) atoms. The summed E-state index contributed by atoms with van der Waals surface area (Å²) in [5.74, 6) is 1.36. The number of hydrogen-bond acceptors (Lipinski definition) is 5. The number of piperidine rings is 1. The fourth-order valence-electron chi connectivity index (χ4n) is 3.20. The van der Waals surface area contributed by atoms with E-state index in [-0.39, 0.29) is 6.09 Å². The van der Waals surface area contributed by atoms with Crippen molar-refractivity contribution in [3.05, 3.63) is 24.5 Å². The molecule has 7 nitrogen and oxygen atoms in total. The Hall–Kier alpha value is -2.31. The van der Waals surface area contributed by atoms with Crippen molar-refractivity contribution in [2.45, 2.75) is 39.2 Å². The van der Waals surface area contributed by atoms with Crippen LogP contribution in [0.1, 0.15) is 33.6 Å². The van der Waals surface area contributed by atoms with Crippen molar-refractivity contribution in [3.8, 4) is 0 Å². The Morgan fingerprint density at radius 3 is 2.96 bits per heavy atom. The second-order valence-electron chi connectivity index (χ2n) is 7.74. The van der Waals surface area contributed by atoms with E-state index in [0.717, 1.165) is 37.4 Å². The van der Waals surface area contributed by atoms with Crippen molar-refractivity contribution in [1.82, 2.24) is 19.5 Å². The standard InChI is InChI=1S/C18H27N5O2/c1-18(2,3)25-17(24)21(4)12-14-6-5-10-22(13-14)16-8-7-15-19-9-11-23(15)20-16/h7-9,11,14H,5-6,10,12-13H2,1-4H3/t14-/m0/s1. The minimum Gasteiger partial charge on any atom is -0.444 e. The van der Waals surface area contributed by atoms with Gasteiger partial charge < -0.3 is 14.5 Å². The molecule has 1 amide bonds. The fourth-order valence-corrected chi connectivity index (χ4v) is 3.20. The summed E-state index contributed by atoms with van der Waals surface area (Å²) >= 11 is 0. The highest BCUT2D eigenvalue weighted by atomic mass is 16.6. The summed E-state index contributed by atoms with van der Waals surface area (Å²) in [6.45, 7) is 8.23. The van der Waals surface area contributed by atoms with Crippen LogP contribution in [0.2, 0.25) is 0 Å². The predicted octanol–water partition coefficient (Wildman–Crippen LogP) is 2.81. The normalized spacial score (nSPS) is 18.4. The first kappa shape index (κ1) is 17.5. The van der Waals surface area contributed by atoms with E-state index in [0.29, 0.717) is 12.5 Å². The molecule has 1 aliphatic heterocycles. The first-order valence-corrected chi connectivity index (χ1v) is 8.81. The average Bonchev–Trinajstić information content (AvgIpc) is 3.01. The molecule has 0 saturated carbocycles. The molecule has 3 heterocycles. The van der Waals surface area contributed by atoms with Crippen LogP contribution in [0.25, 0.3) is 5.65 Å². The number of hydrogen-bond donors (Lipinski definition) is 0. The largest absolute Gasteiger partial charge is 0.444 e. The highest BCUT2D eigenvalue weighted by molar-refractivity contribution is 5.67. The Morgan fingerprint density at radius 2 is 2.20 bits per heavy atom. The maximum atomic E-state index is 12.2. The molecule has 0 bridgehead atoms. The highest BCUT2D eigenvalue weighted by Crippen LogP contribution is 2.23. The van der Waals surface area contributed by atoms with Crippen LogP contribution >= 0.6 is 0 Å². The van der Waals surface area contributed by atoms with Gasteiger partial charge in [0.15, 0.2) is 5.65 Å². The van der Waals surface area contributed by atoms with Crippen molar-refractivity contribution in [2.24, 2.45) is 5.92 Å². The molecule has 136 valence electrons. The number of fused-ring (bicyclic) bond motifs is 1. The third-order valence-electron chi connectivity index (χ3n) is 4.32. The molecule has 2 aromatic heterocycles. The van der Waals surface area contributed by atoms with E-state index in [1.54, 1.807) is 15.6 Å². The van der Waals surface area contributed by atoms with Crippen LogP contribution in [0.5, 0.6) is 0 Å². The minimum absolute atomic E-state index is 0.261. The zero-order valence-corrected chi connectivity index (χ0v) is 15.5. The van der Waals surface area contributed by atoms with Gasteiger partial charge in [-0.25, -0.2) is 14.3 Å². The Morgan fingerprint density at radius 1 is 1.40 bits per heavy atom. The van der Waals surface area contributed by atoms with Crippen LogP contribution in [-0.2, 0) is 4.74 Å². The SMILES string of the molecule is CN(C[C@@H]1CCCN(c2ccc3nccn3n2)C1)C(=O)OC(C)(C)C. The van der Waals surface area contributed by atoms with E-state index >= 15 is 0 Å². The lowest BCUT2D eigenvalue weighted by molar-refractivity contribution is 0.0269. The van der Waals surface area contributed by atoms with E-state index < -0.39 is 5.60 Å². The molecule has 2 aromatic rings. The van der Waals surface area contributed by atoms with Gasteiger partial charge in [0, 0.05) is 39.1 Å². The molecule has 1 aliphatic rings. The van der Waals surface area contributed by atoms with E-state index in [9.17, 15) is 4.79 Å². The summed E-state index contributed by atoms with van der Waals surface area (Å²) in [4.78, 5) is 20.4. The lowest BCUT2D eigenvalue weighted by Gasteiger charge is -2.35. The Bertz CT molecular complexity index is 736. The summed E-state index contributed by atoms with van der Waals surface area (Å²) in [6.07, 6.45) is 5.55. The maximum absolute atomic E-state index is 12.2. The Balaban J connectivity index is 1.61. The fraction of sp³-hybridized carbons (Fsp3) is 0.611. The number of aromatic nitrogens is 3. The first-order valence-electron chi connectivity index (χ1n) is 8.81. The van der Waals surface area contributed by atoms with Crippen molar-refractivity contribution in [3.63, 3.8) is 0 Å². The lowest BCUT2D eigenvalue weighted by Crippen LogP contribution is -2.43. The predicted molar refractivity (Wildman–Crippen MR) is 96.8 cm³/mol. The summed E-state index contributed by atoms with van der Waals surface area (Å²) in [5, 5.41) is 4.63. The van der Waals surface area contributed by atoms with Gasteiger partial charge >= 0.3 is 6.09 Å². The third kappa shape index (κ3) is 4.41. The average molecular weight is 345 g/mol. The Kier molecular flexibility index (Phi) is 4.83. The van der Waals surface area contributed by atoms with Crippen LogP contribution < -0.4 is 4.90 Å². The summed E-state index contributed by atoms with van der Waals surface area (Å²) in [6, 6.07) is 4.00. The molecular weight excluding hydrogens is 318 g/mol. The minimum atomic E-state index is -0.464. The quantitative estimate of drug-likeness (QED) is 0.856. The van der Waals surface area contributed by atoms with E-state index in [1.807, 2.05) is 46.1 Å². The Labute approximate surface area is 148 Å².